The Morgan fingerprint density at radius 2 is 1.53 bits per heavy atom. The molecule has 1 N–H and O–H groups in total. The van der Waals surface area contributed by atoms with Gasteiger partial charge in [-0.2, -0.15) is 18.2 Å². The first kappa shape index (κ1) is 21.5. The second-order valence-corrected chi connectivity index (χ2v) is 7.40. The first-order valence-electron chi connectivity index (χ1n) is 9.93. The van der Waals surface area contributed by atoms with Crippen LogP contribution in [-0.4, -0.2) is 25.5 Å². The minimum Gasteiger partial charge on any atom is -0.345 e. The number of aryl methyl sites for hydroxylation is 2. The molecule has 0 aliphatic rings. The Morgan fingerprint density at radius 1 is 0.969 bits per heavy atom. The largest absolute Gasteiger partial charge is 0.453 e. The molecule has 2 aromatic heterocycles. The van der Waals surface area contributed by atoms with Gasteiger partial charge in [-0.05, 0) is 25.0 Å². The summed E-state index contributed by atoms with van der Waals surface area (Å²) in [5, 5.41) is 6.57. The summed E-state index contributed by atoms with van der Waals surface area (Å²) >= 11 is 0. The second-order valence-electron chi connectivity index (χ2n) is 7.40. The molecule has 0 bridgehead atoms. The molecule has 0 radical (unpaired) electrons. The van der Waals surface area contributed by atoms with Gasteiger partial charge in [0, 0.05) is 17.0 Å². The van der Waals surface area contributed by atoms with Crippen molar-refractivity contribution in [2.24, 2.45) is 0 Å². The zero-order chi connectivity index (χ0) is 22.9. The van der Waals surface area contributed by atoms with Gasteiger partial charge in [-0.15, -0.1) is 5.10 Å². The predicted molar refractivity (Wildman–Crippen MR) is 112 cm³/mol. The van der Waals surface area contributed by atoms with Crippen molar-refractivity contribution in [1.82, 2.24) is 24.9 Å². The van der Waals surface area contributed by atoms with E-state index in [1.54, 1.807) is 13.8 Å². The second kappa shape index (κ2) is 8.41. The van der Waals surface area contributed by atoms with Crippen LogP contribution in [0.4, 0.5) is 13.2 Å². The standard InChI is InChI=1S/C23H20F3N5O/c1-14-18(15(2)31-22(27-14)29-21(30-31)23(24,25)26)13-19(32)28-20(16-9-5-3-6-10-16)17-11-7-4-8-12-17/h3-12,20H,13H2,1-2H3,(H,28,32). The maximum Gasteiger partial charge on any atom is 0.453 e. The molecule has 32 heavy (non-hydrogen) atoms. The van der Waals surface area contributed by atoms with E-state index in [0.717, 1.165) is 15.6 Å². The minimum absolute atomic E-state index is 0.0576. The van der Waals surface area contributed by atoms with Crippen LogP contribution in [-0.2, 0) is 17.4 Å². The number of fused-ring (bicyclic) bond motifs is 1. The molecule has 0 saturated heterocycles. The van der Waals surface area contributed by atoms with Crippen LogP contribution in [0.2, 0.25) is 0 Å². The number of rotatable bonds is 5. The normalized spacial score (nSPS) is 11.8. The van der Waals surface area contributed by atoms with Crippen molar-refractivity contribution in [3.8, 4) is 0 Å². The SMILES string of the molecule is Cc1nc2nc(C(F)(F)F)nn2c(C)c1CC(=O)NC(c1ccccc1)c1ccccc1. The van der Waals surface area contributed by atoms with E-state index in [9.17, 15) is 18.0 Å². The third kappa shape index (κ3) is 4.32. The van der Waals surface area contributed by atoms with Gasteiger partial charge in [0.05, 0.1) is 12.5 Å². The molecule has 0 spiro atoms. The van der Waals surface area contributed by atoms with E-state index in [4.69, 9.17) is 0 Å². The van der Waals surface area contributed by atoms with Crippen molar-refractivity contribution in [2.75, 3.05) is 0 Å². The van der Waals surface area contributed by atoms with Crippen molar-refractivity contribution in [1.29, 1.82) is 0 Å². The lowest BCUT2D eigenvalue weighted by Gasteiger charge is -2.20. The summed E-state index contributed by atoms with van der Waals surface area (Å²) in [4.78, 5) is 20.6. The molecule has 0 aliphatic carbocycles. The molecule has 164 valence electrons. The highest BCUT2D eigenvalue weighted by molar-refractivity contribution is 5.80. The number of alkyl halides is 3. The lowest BCUT2D eigenvalue weighted by atomic mass is 9.98. The van der Waals surface area contributed by atoms with Gasteiger partial charge >= 0.3 is 6.18 Å². The Kier molecular flexibility index (Phi) is 5.65. The fraction of sp³-hybridized carbons (Fsp3) is 0.217. The number of hydrogen-bond acceptors (Lipinski definition) is 4. The quantitative estimate of drug-likeness (QED) is 0.506. The van der Waals surface area contributed by atoms with E-state index in [0.29, 0.717) is 17.0 Å². The summed E-state index contributed by atoms with van der Waals surface area (Å²) in [6, 6.07) is 18.7. The molecule has 4 rings (SSSR count). The number of halogens is 3. The highest BCUT2D eigenvalue weighted by Crippen LogP contribution is 2.27. The molecule has 0 fully saturated rings. The molecule has 6 nitrogen and oxygen atoms in total. The number of nitrogens with one attached hydrogen (secondary N) is 1. The lowest BCUT2D eigenvalue weighted by molar-refractivity contribution is -0.144. The van der Waals surface area contributed by atoms with Crippen LogP contribution in [0.15, 0.2) is 60.7 Å². The number of carbonyl (C=O) groups excluding carboxylic acids is 1. The summed E-state index contributed by atoms with van der Waals surface area (Å²) in [6.45, 7) is 3.24. The zero-order valence-corrected chi connectivity index (χ0v) is 17.4. The summed E-state index contributed by atoms with van der Waals surface area (Å²) in [7, 11) is 0. The van der Waals surface area contributed by atoms with E-state index in [1.807, 2.05) is 60.7 Å². The highest BCUT2D eigenvalue weighted by Gasteiger charge is 2.37. The zero-order valence-electron chi connectivity index (χ0n) is 17.4. The van der Waals surface area contributed by atoms with Crippen molar-refractivity contribution in [3.63, 3.8) is 0 Å². The molecule has 0 saturated carbocycles. The van der Waals surface area contributed by atoms with Crippen LogP contribution in [0.5, 0.6) is 0 Å². The molecule has 2 aromatic carbocycles. The first-order valence-corrected chi connectivity index (χ1v) is 9.93. The molecular weight excluding hydrogens is 419 g/mol. The third-order valence-electron chi connectivity index (χ3n) is 5.21. The van der Waals surface area contributed by atoms with Gasteiger partial charge in [0.15, 0.2) is 0 Å². The topological polar surface area (TPSA) is 72.2 Å². The smallest absolute Gasteiger partial charge is 0.345 e. The summed E-state index contributed by atoms with van der Waals surface area (Å²) in [5.41, 5.74) is 3.16. The van der Waals surface area contributed by atoms with Gasteiger partial charge in [0.1, 0.15) is 0 Å². The monoisotopic (exact) mass is 439 g/mol. The fourth-order valence-electron chi connectivity index (χ4n) is 3.61. The van der Waals surface area contributed by atoms with Gasteiger partial charge < -0.3 is 5.32 Å². The average molecular weight is 439 g/mol. The van der Waals surface area contributed by atoms with Gasteiger partial charge in [-0.25, -0.2) is 9.50 Å². The number of nitrogens with zero attached hydrogens (tertiary/aromatic N) is 4. The van der Waals surface area contributed by atoms with E-state index in [1.165, 1.54) is 0 Å². The lowest BCUT2D eigenvalue weighted by Crippen LogP contribution is -2.31. The summed E-state index contributed by atoms with van der Waals surface area (Å²) < 4.78 is 40.0. The molecular formula is C23H20F3N5O. The Balaban J connectivity index is 1.64. The van der Waals surface area contributed by atoms with E-state index in [2.05, 4.69) is 20.4 Å². The molecule has 0 unspecified atom stereocenters. The molecule has 9 heteroatoms. The first-order chi connectivity index (χ1) is 15.2. The molecule has 2 heterocycles. The molecule has 4 aromatic rings. The van der Waals surface area contributed by atoms with Gasteiger partial charge in [-0.1, -0.05) is 60.7 Å². The number of amides is 1. The van der Waals surface area contributed by atoms with Crippen molar-refractivity contribution in [2.45, 2.75) is 32.5 Å². The maximum absolute atomic E-state index is 13.0. The number of benzene rings is 2. The average Bonchev–Trinajstić information content (AvgIpc) is 3.21. The molecule has 1 amide bonds. The van der Waals surface area contributed by atoms with Crippen LogP contribution in [0.1, 0.15) is 39.9 Å². The number of hydrogen-bond donors (Lipinski definition) is 1. The predicted octanol–water partition coefficient (Wildman–Crippen LogP) is 4.21. The molecule has 0 atom stereocenters. The van der Waals surface area contributed by atoms with Crippen LogP contribution in [0.3, 0.4) is 0 Å². The third-order valence-corrected chi connectivity index (χ3v) is 5.21. The van der Waals surface area contributed by atoms with Crippen molar-refractivity contribution < 1.29 is 18.0 Å². The molecule has 0 aliphatic heterocycles. The minimum atomic E-state index is -4.68. The van der Waals surface area contributed by atoms with E-state index in [-0.39, 0.29) is 24.1 Å². The summed E-state index contributed by atoms with van der Waals surface area (Å²) in [5.74, 6) is -1.70. The van der Waals surface area contributed by atoms with Crippen molar-refractivity contribution >= 4 is 11.7 Å². The van der Waals surface area contributed by atoms with E-state index < -0.39 is 12.0 Å². The van der Waals surface area contributed by atoms with Crippen molar-refractivity contribution in [3.05, 3.63) is 94.6 Å². The Labute approximate surface area is 182 Å². The Hall–Kier alpha value is -3.75. The number of carbonyl (C=O) groups is 1. The highest BCUT2D eigenvalue weighted by atomic mass is 19.4. The van der Waals surface area contributed by atoms with Crippen LogP contribution in [0, 0.1) is 13.8 Å². The van der Waals surface area contributed by atoms with E-state index >= 15 is 0 Å². The Morgan fingerprint density at radius 3 is 2.06 bits per heavy atom. The fourth-order valence-corrected chi connectivity index (χ4v) is 3.61. The van der Waals surface area contributed by atoms with Gasteiger partial charge in [-0.3, -0.25) is 4.79 Å². The van der Waals surface area contributed by atoms with Gasteiger partial charge in [0.25, 0.3) is 11.6 Å². The summed E-state index contributed by atoms with van der Waals surface area (Å²) in [6.07, 6.45) is -4.73. The Bertz CT molecular complexity index is 1210. The van der Waals surface area contributed by atoms with Crippen LogP contribution in [0.25, 0.3) is 5.78 Å². The van der Waals surface area contributed by atoms with Crippen LogP contribution >= 0.6 is 0 Å². The van der Waals surface area contributed by atoms with Crippen LogP contribution < -0.4 is 5.32 Å². The maximum atomic E-state index is 13.0. The van der Waals surface area contributed by atoms with Gasteiger partial charge in [0.2, 0.25) is 5.91 Å². The number of aromatic nitrogens is 4.